The maximum atomic E-state index is 12.7. The summed E-state index contributed by atoms with van der Waals surface area (Å²) >= 11 is 0. The van der Waals surface area contributed by atoms with Crippen molar-refractivity contribution in [3.05, 3.63) is 35.6 Å². The highest BCUT2D eigenvalue weighted by atomic mass is 127. The zero-order valence-electron chi connectivity index (χ0n) is 11.2. The van der Waals surface area contributed by atoms with E-state index in [9.17, 15) is 4.39 Å². The number of nitrogens with zero attached hydrogens (tertiary/aromatic N) is 1. The highest BCUT2D eigenvalue weighted by molar-refractivity contribution is 14.0. The molecule has 1 aromatic carbocycles. The molecule has 0 aliphatic heterocycles. The Hall–Kier alpha value is -0.850. The van der Waals surface area contributed by atoms with Crippen molar-refractivity contribution in [3.63, 3.8) is 0 Å². The Bertz CT molecular complexity index is 402. The van der Waals surface area contributed by atoms with E-state index in [-0.39, 0.29) is 29.8 Å². The molecule has 0 amide bonds. The van der Waals surface area contributed by atoms with E-state index < -0.39 is 0 Å². The molecule has 0 heterocycles. The van der Waals surface area contributed by atoms with Crippen molar-refractivity contribution in [2.45, 2.75) is 25.8 Å². The molecule has 0 radical (unpaired) electrons. The molecular formula is C14H21FIN3. The molecule has 0 unspecified atom stereocenters. The van der Waals surface area contributed by atoms with E-state index in [0.29, 0.717) is 6.54 Å². The summed E-state index contributed by atoms with van der Waals surface area (Å²) in [5.41, 5.74) is 1.04. The van der Waals surface area contributed by atoms with Crippen molar-refractivity contribution >= 4 is 29.9 Å². The number of aliphatic imine (C=N–C) groups is 1. The van der Waals surface area contributed by atoms with Gasteiger partial charge in [-0.2, -0.15) is 0 Å². The van der Waals surface area contributed by atoms with Crippen molar-refractivity contribution in [1.82, 2.24) is 10.6 Å². The van der Waals surface area contributed by atoms with Gasteiger partial charge in [0.25, 0.3) is 0 Å². The van der Waals surface area contributed by atoms with E-state index in [2.05, 4.69) is 15.6 Å². The van der Waals surface area contributed by atoms with Gasteiger partial charge in [-0.05, 0) is 30.0 Å². The van der Waals surface area contributed by atoms with Crippen LogP contribution in [0.3, 0.4) is 0 Å². The van der Waals surface area contributed by atoms with Crippen LogP contribution in [-0.2, 0) is 6.54 Å². The molecule has 19 heavy (non-hydrogen) atoms. The van der Waals surface area contributed by atoms with Gasteiger partial charge in [-0.1, -0.05) is 25.0 Å². The number of halogens is 2. The van der Waals surface area contributed by atoms with Gasteiger partial charge in [0.05, 0.1) is 0 Å². The molecule has 0 spiro atoms. The fourth-order valence-corrected chi connectivity index (χ4v) is 1.81. The molecule has 5 heteroatoms. The second-order valence-electron chi connectivity index (χ2n) is 4.71. The van der Waals surface area contributed by atoms with Gasteiger partial charge in [0.2, 0.25) is 0 Å². The predicted octanol–water partition coefficient (Wildman–Crippen LogP) is 2.91. The molecule has 0 saturated heterocycles. The van der Waals surface area contributed by atoms with E-state index >= 15 is 0 Å². The Morgan fingerprint density at radius 3 is 2.53 bits per heavy atom. The Morgan fingerprint density at radius 1 is 1.26 bits per heavy atom. The maximum Gasteiger partial charge on any atom is 0.191 e. The van der Waals surface area contributed by atoms with Crippen LogP contribution in [0.5, 0.6) is 0 Å². The molecular weight excluding hydrogens is 356 g/mol. The molecule has 3 nitrogen and oxygen atoms in total. The summed E-state index contributed by atoms with van der Waals surface area (Å²) in [5, 5.41) is 6.50. The quantitative estimate of drug-likeness (QED) is 0.470. The number of hydrogen-bond acceptors (Lipinski definition) is 1. The van der Waals surface area contributed by atoms with Crippen molar-refractivity contribution in [2.75, 3.05) is 13.6 Å². The highest BCUT2D eigenvalue weighted by Gasteiger charge is 2.20. The van der Waals surface area contributed by atoms with E-state index in [1.165, 1.54) is 31.4 Å². The van der Waals surface area contributed by atoms with Crippen LogP contribution in [0.15, 0.2) is 29.3 Å². The summed E-state index contributed by atoms with van der Waals surface area (Å²) in [4.78, 5) is 4.16. The van der Waals surface area contributed by atoms with Crippen LogP contribution in [0, 0.1) is 11.7 Å². The minimum atomic E-state index is -0.203. The van der Waals surface area contributed by atoms with E-state index in [1.54, 1.807) is 19.2 Å². The first-order valence-electron chi connectivity index (χ1n) is 6.47. The summed E-state index contributed by atoms with van der Waals surface area (Å²) in [6.07, 6.45) is 3.98. The lowest BCUT2D eigenvalue weighted by molar-refractivity contribution is 0.626. The van der Waals surface area contributed by atoms with Crippen LogP contribution in [0.1, 0.15) is 24.8 Å². The highest BCUT2D eigenvalue weighted by Crippen LogP contribution is 2.31. The molecule has 0 bridgehead atoms. The Kier molecular flexibility index (Phi) is 7.12. The number of benzene rings is 1. The first-order valence-corrected chi connectivity index (χ1v) is 6.47. The van der Waals surface area contributed by atoms with E-state index in [4.69, 9.17) is 0 Å². The zero-order chi connectivity index (χ0) is 12.8. The van der Waals surface area contributed by atoms with Gasteiger partial charge < -0.3 is 10.6 Å². The Labute approximate surface area is 131 Å². The maximum absolute atomic E-state index is 12.7. The summed E-state index contributed by atoms with van der Waals surface area (Å²) < 4.78 is 12.7. The van der Waals surface area contributed by atoms with Gasteiger partial charge in [0.15, 0.2) is 5.96 Å². The molecule has 1 fully saturated rings. The van der Waals surface area contributed by atoms with Gasteiger partial charge in [0.1, 0.15) is 5.82 Å². The number of hydrogen-bond donors (Lipinski definition) is 2. The number of guanidine groups is 1. The van der Waals surface area contributed by atoms with Gasteiger partial charge in [-0.25, -0.2) is 4.39 Å². The number of nitrogens with one attached hydrogen (secondary N) is 2. The smallest absolute Gasteiger partial charge is 0.191 e. The van der Waals surface area contributed by atoms with Crippen LogP contribution < -0.4 is 10.6 Å². The fraction of sp³-hybridized carbons (Fsp3) is 0.500. The summed E-state index contributed by atoms with van der Waals surface area (Å²) in [6.45, 7) is 1.62. The SMILES string of the molecule is CN=C(NCCC1CC1)NCc1ccc(F)cc1.I. The Morgan fingerprint density at radius 2 is 1.95 bits per heavy atom. The molecule has 1 saturated carbocycles. The largest absolute Gasteiger partial charge is 0.356 e. The second-order valence-corrected chi connectivity index (χ2v) is 4.71. The Balaban J connectivity index is 0.00000180. The molecule has 0 aromatic heterocycles. The molecule has 1 aliphatic carbocycles. The van der Waals surface area contributed by atoms with Crippen molar-refractivity contribution < 1.29 is 4.39 Å². The van der Waals surface area contributed by atoms with Crippen LogP contribution in [-0.4, -0.2) is 19.6 Å². The topological polar surface area (TPSA) is 36.4 Å². The van der Waals surface area contributed by atoms with E-state index in [1.807, 2.05) is 0 Å². The molecule has 1 aromatic rings. The average molecular weight is 377 g/mol. The van der Waals surface area contributed by atoms with Crippen molar-refractivity contribution in [2.24, 2.45) is 10.9 Å². The minimum Gasteiger partial charge on any atom is -0.356 e. The molecule has 0 atom stereocenters. The summed E-state index contributed by atoms with van der Waals surface area (Å²) in [6, 6.07) is 6.50. The lowest BCUT2D eigenvalue weighted by atomic mass is 10.2. The van der Waals surface area contributed by atoms with Crippen LogP contribution in [0.2, 0.25) is 0 Å². The zero-order valence-corrected chi connectivity index (χ0v) is 13.5. The molecule has 2 rings (SSSR count). The summed E-state index contributed by atoms with van der Waals surface area (Å²) in [5.74, 6) is 1.53. The normalized spacial score (nSPS) is 14.7. The van der Waals surface area contributed by atoms with Crippen LogP contribution in [0.4, 0.5) is 4.39 Å². The minimum absolute atomic E-state index is 0. The van der Waals surface area contributed by atoms with Crippen molar-refractivity contribution in [1.29, 1.82) is 0 Å². The lowest BCUT2D eigenvalue weighted by Gasteiger charge is -2.11. The first-order chi connectivity index (χ1) is 8.78. The second kappa shape index (κ2) is 8.35. The van der Waals surface area contributed by atoms with Crippen LogP contribution >= 0.6 is 24.0 Å². The lowest BCUT2D eigenvalue weighted by Crippen LogP contribution is -2.37. The van der Waals surface area contributed by atoms with Crippen molar-refractivity contribution in [3.8, 4) is 0 Å². The molecule has 2 N–H and O–H groups in total. The molecule has 1 aliphatic rings. The van der Waals surface area contributed by atoms with Crippen LogP contribution in [0.25, 0.3) is 0 Å². The van der Waals surface area contributed by atoms with Gasteiger partial charge in [-0.3, -0.25) is 4.99 Å². The first kappa shape index (κ1) is 16.2. The monoisotopic (exact) mass is 377 g/mol. The third-order valence-electron chi connectivity index (χ3n) is 3.14. The fourth-order valence-electron chi connectivity index (χ4n) is 1.81. The average Bonchev–Trinajstić information content (AvgIpc) is 3.19. The van der Waals surface area contributed by atoms with Gasteiger partial charge in [0, 0.05) is 20.1 Å². The number of rotatable bonds is 5. The third kappa shape index (κ3) is 6.22. The van der Waals surface area contributed by atoms with E-state index in [0.717, 1.165) is 24.0 Å². The van der Waals surface area contributed by atoms with Gasteiger partial charge >= 0.3 is 0 Å². The molecule has 106 valence electrons. The standard InChI is InChI=1S/C14H20FN3.HI/c1-16-14(17-9-8-11-2-3-11)18-10-12-4-6-13(15)7-5-12;/h4-7,11H,2-3,8-10H2,1H3,(H2,16,17,18);1H. The third-order valence-corrected chi connectivity index (χ3v) is 3.14. The summed E-state index contributed by atoms with van der Waals surface area (Å²) in [7, 11) is 1.76. The predicted molar refractivity (Wildman–Crippen MR) is 87.4 cm³/mol. The van der Waals surface area contributed by atoms with Gasteiger partial charge in [-0.15, -0.1) is 24.0 Å².